The van der Waals surface area contributed by atoms with E-state index in [-0.39, 0.29) is 11.6 Å². The fourth-order valence-electron chi connectivity index (χ4n) is 1.13. The highest BCUT2D eigenvalue weighted by Crippen LogP contribution is 2.27. The highest BCUT2D eigenvalue weighted by atomic mass is 16.6. The Morgan fingerprint density at radius 3 is 2.82 bits per heavy atom. The summed E-state index contributed by atoms with van der Waals surface area (Å²) < 4.78 is 9.94. The Balaban J connectivity index is 2.59. The van der Waals surface area contributed by atoms with E-state index < -0.39 is 6.10 Å². The average Bonchev–Trinajstić information content (AvgIpc) is 2.07. The summed E-state index contributed by atoms with van der Waals surface area (Å²) in [4.78, 5) is 11.0. The number of rotatable bonds is 2. The van der Waals surface area contributed by atoms with Crippen molar-refractivity contribution in [3.05, 3.63) is 12.8 Å². The molecule has 62 valence electrons. The first-order chi connectivity index (χ1) is 5.05. The Morgan fingerprint density at radius 1 is 1.82 bits per heavy atom. The molecule has 3 heteroatoms. The van der Waals surface area contributed by atoms with Gasteiger partial charge >= 0.3 is 5.97 Å². The third-order valence-corrected chi connectivity index (χ3v) is 1.58. The van der Waals surface area contributed by atoms with Gasteiger partial charge in [0.05, 0.1) is 6.26 Å². The lowest BCUT2D eigenvalue weighted by Gasteiger charge is -2.13. The minimum absolute atomic E-state index is 0.296. The number of cyclic esters (lactones) is 1. The van der Waals surface area contributed by atoms with Crippen LogP contribution in [0.25, 0.3) is 0 Å². The summed E-state index contributed by atoms with van der Waals surface area (Å²) in [6.07, 6.45) is 1.41. The van der Waals surface area contributed by atoms with Crippen molar-refractivity contribution in [1.29, 1.82) is 0 Å². The first kappa shape index (κ1) is 8.11. The van der Waals surface area contributed by atoms with Gasteiger partial charge in [-0.05, 0) is 13.8 Å². The lowest BCUT2D eigenvalue weighted by atomic mass is 10.1. The van der Waals surface area contributed by atoms with Crippen molar-refractivity contribution in [3.63, 3.8) is 0 Å². The molecule has 0 radical (unpaired) electrons. The maximum atomic E-state index is 11.0. The molecule has 11 heavy (non-hydrogen) atoms. The van der Waals surface area contributed by atoms with E-state index in [1.165, 1.54) is 6.26 Å². The van der Waals surface area contributed by atoms with Crippen LogP contribution in [0, 0.1) is 0 Å². The number of esters is 1. The number of ether oxygens (including phenoxy) is 2. The van der Waals surface area contributed by atoms with E-state index >= 15 is 0 Å². The van der Waals surface area contributed by atoms with Crippen LogP contribution in [0.3, 0.4) is 0 Å². The molecule has 0 bridgehead atoms. The zero-order chi connectivity index (χ0) is 8.48. The average molecular weight is 156 g/mol. The fourth-order valence-corrected chi connectivity index (χ4v) is 1.13. The Morgan fingerprint density at radius 2 is 2.45 bits per heavy atom. The second kappa shape index (κ2) is 2.57. The van der Waals surface area contributed by atoms with Gasteiger partial charge in [0, 0.05) is 6.42 Å². The molecule has 0 spiro atoms. The molecule has 0 aromatic carbocycles. The molecule has 1 aliphatic rings. The summed E-state index contributed by atoms with van der Waals surface area (Å²) in [5.41, 5.74) is -0.384. The Bertz CT molecular complexity index is 184. The van der Waals surface area contributed by atoms with E-state index in [0.717, 1.165) is 0 Å². The zero-order valence-electron chi connectivity index (χ0n) is 6.79. The van der Waals surface area contributed by atoms with Gasteiger partial charge in [-0.2, -0.15) is 0 Å². The molecule has 0 aromatic heterocycles. The van der Waals surface area contributed by atoms with E-state index in [2.05, 4.69) is 6.58 Å². The number of carbonyl (C=O) groups excluding carboxylic acids is 1. The van der Waals surface area contributed by atoms with Crippen molar-refractivity contribution < 1.29 is 14.3 Å². The van der Waals surface area contributed by atoms with Crippen molar-refractivity contribution in [1.82, 2.24) is 0 Å². The molecule has 1 saturated heterocycles. The summed E-state index contributed by atoms with van der Waals surface area (Å²) in [5.74, 6) is -0.296. The van der Waals surface area contributed by atoms with Crippen LogP contribution in [-0.2, 0) is 14.3 Å². The minimum Gasteiger partial charge on any atom is -0.487 e. The molecule has 3 nitrogen and oxygen atoms in total. The van der Waals surface area contributed by atoms with Crippen LogP contribution < -0.4 is 0 Å². The molecule has 1 aliphatic heterocycles. The maximum Gasteiger partial charge on any atom is 0.347 e. The lowest BCUT2D eigenvalue weighted by molar-refractivity contribution is -0.151. The van der Waals surface area contributed by atoms with Crippen molar-refractivity contribution in [2.24, 2.45) is 0 Å². The van der Waals surface area contributed by atoms with Gasteiger partial charge in [0.15, 0.2) is 6.10 Å². The van der Waals surface area contributed by atoms with Crippen molar-refractivity contribution in [2.75, 3.05) is 0 Å². The van der Waals surface area contributed by atoms with Crippen LogP contribution in [0.4, 0.5) is 0 Å². The van der Waals surface area contributed by atoms with Crippen LogP contribution in [0.2, 0.25) is 0 Å². The van der Waals surface area contributed by atoms with E-state index in [0.29, 0.717) is 6.42 Å². The Labute approximate surface area is 66.0 Å². The van der Waals surface area contributed by atoms with Crippen LogP contribution in [0.5, 0.6) is 0 Å². The summed E-state index contributed by atoms with van der Waals surface area (Å²) in [6.45, 7) is 7.09. The zero-order valence-corrected chi connectivity index (χ0v) is 6.79. The molecule has 0 N–H and O–H groups in total. The molecule has 1 atom stereocenters. The maximum absolute atomic E-state index is 11.0. The molecule has 1 fully saturated rings. The van der Waals surface area contributed by atoms with Gasteiger partial charge in [0.2, 0.25) is 0 Å². The molecule has 0 aliphatic carbocycles. The first-order valence-corrected chi connectivity index (χ1v) is 3.54. The number of hydrogen-bond acceptors (Lipinski definition) is 3. The summed E-state index contributed by atoms with van der Waals surface area (Å²) in [6, 6.07) is 0. The largest absolute Gasteiger partial charge is 0.487 e. The molecular formula is C8H12O3. The smallest absolute Gasteiger partial charge is 0.347 e. The summed E-state index contributed by atoms with van der Waals surface area (Å²) in [7, 11) is 0. The normalized spacial score (nSPS) is 27.8. The molecule has 0 saturated carbocycles. The monoisotopic (exact) mass is 156 g/mol. The van der Waals surface area contributed by atoms with Gasteiger partial charge in [0.1, 0.15) is 5.60 Å². The molecular weight excluding hydrogens is 144 g/mol. The summed E-state index contributed by atoms with van der Waals surface area (Å²) in [5, 5.41) is 0. The third-order valence-electron chi connectivity index (χ3n) is 1.58. The van der Waals surface area contributed by atoms with Gasteiger partial charge < -0.3 is 9.47 Å². The van der Waals surface area contributed by atoms with Gasteiger partial charge in [-0.1, -0.05) is 6.58 Å². The van der Waals surface area contributed by atoms with Crippen LogP contribution >= 0.6 is 0 Å². The van der Waals surface area contributed by atoms with E-state index in [1.54, 1.807) is 0 Å². The standard InChI is InChI=1S/C8H12O3/c1-4-10-6-5-8(2,3)11-7(6)9/h4,6H,1,5H2,2-3H3. The highest BCUT2D eigenvalue weighted by Gasteiger charge is 2.40. The van der Waals surface area contributed by atoms with Crippen molar-refractivity contribution in [3.8, 4) is 0 Å². The topological polar surface area (TPSA) is 35.5 Å². The molecule has 0 aromatic rings. The Hall–Kier alpha value is -0.990. The second-order valence-electron chi connectivity index (χ2n) is 3.18. The molecule has 1 heterocycles. The Kier molecular flexibility index (Phi) is 1.89. The predicted molar refractivity (Wildman–Crippen MR) is 39.9 cm³/mol. The van der Waals surface area contributed by atoms with Crippen molar-refractivity contribution in [2.45, 2.75) is 32.0 Å². The third kappa shape index (κ3) is 1.73. The van der Waals surface area contributed by atoms with Gasteiger partial charge in [0.25, 0.3) is 0 Å². The SMILES string of the molecule is C=COC1CC(C)(C)OC1=O. The van der Waals surface area contributed by atoms with Crippen LogP contribution in [-0.4, -0.2) is 17.7 Å². The van der Waals surface area contributed by atoms with E-state index in [4.69, 9.17) is 9.47 Å². The van der Waals surface area contributed by atoms with E-state index in [1.807, 2.05) is 13.8 Å². The lowest BCUT2D eigenvalue weighted by Crippen LogP contribution is -2.17. The molecule has 1 unspecified atom stereocenters. The highest BCUT2D eigenvalue weighted by molar-refractivity contribution is 5.77. The van der Waals surface area contributed by atoms with Crippen LogP contribution in [0.1, 0.15) is 20.3 Å². The molecule has 0 amide bonds. The quantitative estimate of drug-likeness (QED) is 0.445. The fraction of sp³-hybridized carbons (Fsp3) is 0.625. The number of hydrogen-bond donors (Lipinski definition) is 0. The van der Waals surface area contributed by atoms with Gasteiger partial charge in [-0.15, -0.1) is 0 Å². The van der Waals surface area contributed by atoms with Gasteiger partial charge in [-0.25, -0.2) is 4.79 Å². The first-order valence-electron chi connectivity index (χ1n) is 3.54. The van der Waals surface area contributed by atoms with E-state index in [9.17, 15) is 4.79 Å². The minimum atomic E-state index is -0.456. The van der Waals surface area contributed by atoms with Crippen LogP contribution in [0.15, 0.2) is 12.8 Å². The summed E-state index contributed by atoms with van der Waals surface area (Å²) >= 11 is 0. The van der Waals surface area contributed by atoms with Gasteiger partial charge in [-0.3, -0.25) is 0 Å². The second-order valence-corrected chi connectivity index (χ2v) is 3.18. The van der Waals surface area contributed by atoms with Crippen molar-refractivity contribution >= 4 is 5.97 Å². The molecule has 1 rings (SSSR count). The predicted octanol–water partition coefficient (Wildman–Crippen LogP) is 1.24. The number of carbonyl (C=O) groups is 1.